The second-order valence-electron chi connectivity index (χ2n) is 4.13. The first-order valence-electron chi connectivity index (χ1n) is 5.59. The Bertz CT molecular complexity index is 651. The minimum Gasteiger partial charge on any atom is -0.284 e. The largest absolute Gasteiger partial charge is 0.284 e. The van der Waals surface area contributed by atoms with Crippen LogP contribution in [0.15, 0.2) is 35.6 Å². The van der Waals surface area contributed by atoms with Crippen molar-refractivity contribution in [1.29, 1.82) is 0 Å². The highest BCUT2D eigenvalue weighted by Gasteiger charge is 2.29. The van der Waals surface area contributed by atoms with Crippen LogP contribution in [0.25, 0.3) is 0 Å². The predicted octanol–water partition coefficient (Wildman–Crippen LogP) is 0.552. The summed E-state index contributed by atoms with van der Waals surface area (Å²) in [6.07, 6.45) is 5.11. The average Bonchev–Trinajstić information content (AvgIpc) is 2.92. The minimum atomic E-state index is -3.45. The van der Waals surface area contributed by atoms with Crippen molar-refractivity contribution in [3.63, 3.8) is 0 Å². The van der Waals surface area contributed by atoms with E-state index in [2.05, 4.69) is 15.2 Å². The first-order valence-corrected chi connectivity index (χ1v) is 7.03. The summed E-state index contributed by atoms with van der Waals surface area (Å²) in [5.41, 5.74) is 1.95. The van der Waals surface area contributed by atoms with Crippen molar-refractivity contribution in [2.24, 2.45) is 0 Å². The maximum atomic E-state index is 12.3. The smallest absolute Gasteiger partial charge is 0.246 e. The highest BCUT2D eigenvalue weighted by atomic mass is 32.2. The summed E-state index contributed by atoms with van der Waals surface area (Å²) >= 11 is 0. The molecule has 2 aromatic rings. The van der Waals surface area contributed by atoms with Crippen molar-refractivity contribution in [3.8, 4) is 0 Å². The molecule has 0 aromatic carbocycles. The summed E-state index contributed by atoms with van der Waals surface area (Å²) in [4.78, 5) is 4.46. The fourth-order valence-corrected chi connectivity index (χ4v) is 3.40. The molecule has 0 saturated carbocycles. The lowest BCUT2D eigenvalue weighted by molar-refractivity contribution is 0.388. The van der Waals surface area contributed by atoms with Gasteiger partial charge in [0.1, 0.15) is 4.90 Å². The van der Waals surface area contributed by atoms with E-state index in [1.54, 1.807) is 6.20 Å². The molecule has 0 aliphatic carbocycles. The summed E-state index contributed by atoms with van der Waals surface area (Å²) in [5.74, 6) is 0. The summed E-state index contributed by atoms with van der Waals surface area (Å²) in [6.45, 7) is 0.828. The molecule has 0 amide bonds. The van der Waals surface area contributed by atoms with E-state index < -0.39 is 10.0 Å². The Morgan fingerprint density at radius 2 is 2.28 bits per heavy atom. The van der Waals surface area contributed by atoms with Gasteiger partial charge in [-0.2, -0.15) is 9.40 Å². The third-order valence-corrected chi connectivity index (χ3v) is 4.85. The molecule has 18 heavy (non-hydrogen) atoms. The van der Waals surface area contributed by atoms with Crippen LogP contribution in [0.1, 0.15) is 11.3 Å². The maximum absolute atomic E-state index is 12.3. The van der Waals surface area contributed by atoms with Crippen LogP contribution in [0.3, 0.4) is 0 Å². The van der Waals surface area contributed by atoms with E-state index in [0.29, 0.717) is 19.5 Å². The molecule has 0 spiro atoms. The minimum absolute atomic E-state index is 0.204. The molecule has 0 bridgehead atoms. The zero-order valence-electron chi connectivity index (χ0n) is 9.57. The predicted molar refractivity (Wildman–Crippen MR) is 64.1 cm³/mol. The van der Waals surface area contributed by atoms with Gasteiger partial charge in [0, 0.05) is 37.6 Å². The molecule has 2 aromatic heterocycles. The normalized spacial score (nSPS) is 16.4. The topological polar surface area (TPSA) is 79.0 Å². The SMILES string of the molecule is O=S(=O)(c1cn[nH]c1)N1CCc2ncccc2C1. The van der Waals surface area contributed by atoms with E-state index in [0.717, 1.165) is 11.3 Å². The number of aromatic amines is 1. The Morgan fingerprint density at radius 3 is 3.06 bits per heavy atom. The van der Waals surface area contributed by atoms with E-state index in [-0.39, 0.29) is 4.90 Å². The number of fused-ring (bicyclic) bond motifs is 1. The maximum Gasteiger partial charge on any atom is 0.246 e. The second-order valence-corrected chi connectivity index (χ2v) is 6.07. The third kappa shape index (κ3) is 1.81. The van der Waals surface area contributed by atoms with Crippen molar-refractivity contribution < 1.29 is 8.42 Å². The van der Waals surface area contributed by atoms with Crippen molar-refractivity contribution in [2.75, 3.05) is 6.54 Å². The standard InChI is InChI=1S/C11H12N4O2S/c16-18(17,10-6-13-14-7-10)15-5-3-11-9(8-15)2-1-4-12-11/h1-2,4,6-7H,3,5,8H2,(H,13,14). The Labute approximate surface area is 105 Å². The van der Waals surface area contributed by atoms with Gasteiger partial charge in [-0.3, -0.25) is 10.1 Å². The monoisotopic (exact) mass is 264 g/mol. The number of hydrogen-bond acceptors (Lipinski definition) is 4. The number of nitrogens with zero attached hydrogens (tertiary/aromatic N) is 3. The highest BCUT2D eigenvalue weighted by Crippen LogP contribution is 2.22. The van der Waals surface area contributed by atoms with Crippen LogP contribution in [0.5, 0.6) is 0 Å². The lowest BCUT2D eigenvalue weighted by Gasteiger charge is -2.26. The van der Waals surface area contributed by atoms with Gasteiger partial charge in [0.05, 0.1) is 6.20 Å². The number of sulfonamides is 1. The Hall–Kier alpha value is -1.73. The average molecular weight is 264 g/mol. The first kappa shape index (κ1) is 11.4. The molecule has 0 radical (unpaired) electrons. The van der Waals surface area contributed by atoms with Crippen LogP contribution in [0, 0.1) is 0 Å². The van der Waals surface area contributed by atoms with Gasteiger partial charge in [-0.1, -0.05) is 6.07 Å². The van der Waals surface area contributed by atoms with Gasteiger partial charge < -0.3 is 0 Å². The van der Waals surface area contributed by atoms with Crippen molar-refractivity contribution >= 4 is 10.0 Å². The molecule has 94 valence electrons. The molecule has 0 saturated heterocycles. The van der Waals surface area contributed by atoms with Crippen LogP contribution in [-0.4, -0.2) is 34.4 Å². The Morgan fingerprint density at radius 1 is 1.39 bits per heavy atom. The number of hydrogen-bond donors (Lipinski definition) is 1. The Kier molecular flexibility index (Phi) is 2.64. The molecule has 1 aliphatic heterocycles. The molecule has 0 unspecified atom stereocenters. The summed E-state index contributed by atoms with van der Waals surface area (Å²) < 4.78 is 26.1. The zero-order chi connectivity index (χ0) is 12.6. The lowest BCUT2D eigenvalue weighted by Crippen LogP contribution is -2.36. The molecule has 0 atom stereocenters. The van der Waals surface area contributed by atoms with E-state index in [1.807, 2.05) is 12.1 Å². The number of rotatable bonds is 2. The number of H-pyrrole nitrogens is 1. The van der Waals surface area contributed by atoms with Crippen molar-refractivity contribution in [2.45, 2.75) is 17.9 Å². The second kappa shape index (κ2) is 4.18. The molecular weight excluding hydrogens is 252 g/mol. The van der Waals surface area contributed by atoms with Gasteiger partial charge in [-0.25, -0.2) is 8.42 Å². The zero-order valence-corrected chi connectivity index (χ0v) is 10.4. The van der Waals surface area contributed by atoms with Gasteiger partial charge in [0.2, 0.25) is 10.0 Å². The van der Waals surface area contributed by atoms with Crippen LogP contribution >= 0.6 is 0 Å². The van der Waals surface area contributed by atoms with Crippen LogP contribution < -0.4 is 0 Å². The van der Waals surface area contributed by atoms with E-state index in [9.17, 15) is 8.42 Å². The summed E-state index contributed by atoms with van der Waals surface area (Å²) in [6, 6.07) is 3.74. The fourth-order valence-electron chi connectivity index (χ4n) is 2.07. The van der Waals surface area contributed by atoms with Crippen LogP contribution in [0.4, 0.5) is 0 Å². The van der Waals surface area contributed by atoms with Crippen LogP contribution in [0.2, 0.25) is 0 Å². The first-order chi connectivity index (χ1) is 8.68. The molecule has 1 aliphatic rings. The van der Waals surface area contributed by atoms with Gasteiger partial charge >= 0.3 is 0 Å². The molecule has 6 nitrogen and oxygen atoms in total. The van der Waals surface area contributed by atoms with E-state index in [4.69, 9.17) is 0 Å². The van der Waals surface area contributed by atoms with Gasteiger partial charge in [0.25, 0.3) is 0 Å². The molecular formula is C11H12N4O2S. The van der Waals surface area contributed by atoms with Crippen LogP contribution in [-0.2, 0) is 23.0 Å². The lowest BCUT2D eigenvalue weighted by atomic mass is 10.1. The molecule has 0 fully saturated rings. The number of aromatic nitrogens is 3. The summed E-state index contributed by atoms with van der Waals surface area (Å²) in [7, 11) is -3.45. The van der Waals surface area contributed by atoms with Gasteiger partial charge in [0.15, 0.2) is 0 Å². The third-order valence-electron chi connectivity index (χ3n) is 3.04. The Balaban J connectivity index is 1.93. The van der Waals surface area contributed by atoms with Crippen molar-refractivity contribution in [1.82, 2.24) is 19.5 Å². The van der Waals surface area contributed by atoms with Gasteiger partial charge in [-0.05, 0) is 11.6 Å². The molecule has 1 N–H and O–H groups in total. The van der Waals surface area contributed by atoms with E-state index in [1.165, 1.54) is 16.7 Å². The van der Waals surface area contributed by atoms with Crippen molar-refractivity contribution in [3.05, 3.63) is 42.0 Å². The number of pyridine rings is 1. The number of nitrogens with one attached hydrogen (secondary N) is 1. The quantitative estimate of drug-likeness (QED) is 0.859. The summed E-state index contributed by atoms with van der Waals surface area (Å²) in [5, 5.41) is 6.21. The molecule has 3 heterocycles. The molecule has 7 heteroatoms. The fraction of sp³-hybridized carbons (Fsp3) is 0.273. The van der Waals surface area contributed by atoms with Gasteiger partial charge in [-0.15, -0.1) is 0 Å². The van der Waals surface area contributed by atoms with E-state index >= 15 is 0 Å². The highest BCUT2D eigenvalue weighted by molar-refractivity contribution is 7.89. The molecule has 3 rings (SSSR count).